The fraction of sp³-hybridized carbons (Fsp3) is 0.941. The van der Waals surface area contributed by atoms with Crippen LogP contribution in [-0.4, -0.2) is 37.3 Å². The van der Waals surface area contributed by atoms with E-state index in [1.807, 2.05) is 0 Å². The van der Waals surface area contributed by atoms with Gasteiger partial charge in [-0.25, -0.2) is 0 Å². The number of carbonyl (C=O) groups excluding carboxylic acids is 1. The predicted molar refractivity (Wildman–Crippen MR) is 96.0 cm³/mol. The first kappa shape index (κ1) is 20.8. The number of hydrogen-bond donors (Lipinski definition) is 1. The zero-order valence-electron chi connectivity index (χ0n) is 15.0. The Labute approximate surface area is 134 Å². The number of nitrogens with one attached hydrogen (secondary N) is 1. The van der Waals surface area contributed by atoms with Crippen LogP contribution in [0.3, 0.4) is 0 Å². The summed E-state index contributed by atoms with van der Waals surface area (Å²) in [5, 5.41) is 3.09. The Balaban J connectivity index is 3.96. The van der Waals surface area contributed by atoms with Crippen LogP contribution in [0.1, 0.15) is 59.8 Å². The van der Waals surface area contributed by atoms with Crippen LogP contribution in [0.15, 0.2) is 0 Å². The SMILES string of the molecule is CCCC(C(=O)NCCCOS(C)(C)CCC)C(C)CC. The minimum atomic E-state index is -0.887. The van der Waals surface area contributed by atoms with Crippen molar-refractivity contribution in [2.45, 2.75) is 59.8 Å². The highest BCUT2D eigenvalue weighted by atomic mass is 32.3. The minimum absolute atomic E-state index is 0.170. The molecule has 4 heteroatoms. The molecule has 128 valence electrons. The van der Waals surface area contributed by atoms with Crippen molar-refractivity contribution in [3.63, 3.8) is 0 Å². The molecule has 3 nitrogen and oxygen atoms in total. The topological polar surface area (TPSA) is 38.3 Å². The third-order valence-corrected chi connectivity index (χ3v) is 6.18. The van der Waals surface area contributed by atoms with E-state index in [4.69, 9.17) is 4.18 Å². The van der Waals surface area contributed by atoms with Gasteiger partial charge in [-0.15, -0.1) is 10.3 Å². The summed E-state index contributed by atoms with van der Waals surface area (Å²) in [5.41, 5.74) is 0. The Bertz CT molecular complexity index is 282. The first-order chi connectivity index (χ1) is 9.87. The van der Waals surface area contributed by atoms with Crippen LogP contribution in [0.4, 0.5) is 0 Å². The molecule has 0 bridgehead atoms. The molecule has 0 aliphatic carbocycles. The van der Waals surface area contributed by atoms with Crippen LogP contribution >= 0.6 is 10.3 Å². The van der Waals surface area contributed by atoms with Crippen molar-refractivity contribution in [3.05, 3.63) is 0 Å². The van der Waals surface area contributed by atoms with Gasteiger partial charge in [-0.1, -0.05) is 40.5 Å². The molecule has 0 heterocycles. The molecular weight excluding hydrogens is 282 g/mol. The second-order valence-electron chi connectivity index (χ2n) is 6.39. The second kappa shape index (κ2) is 11.4. The van der Waals surface area contributed by atoms with Gasteiger partial charge in [0.2, 0.25) is 5.91 Å². The predicted octanol–water partition coefficient (Wildman–Crippen LogP) is 4.36. The Hall–Kier alpha value is -0.220. The highest BCUT2D eigenvalue weighted by Gasteiger charge is 2.22. The molecule has 0 spiro atoms. The standard InChI is InChI=1S/C17H37NO2S/c1-7-11-16(15(4)9-3)17(19)18-12-10-13-20-21(5,6)14-8-2/h15-16H,7-14H2,1-6H3,(H,18,19). The monoisotopic (exact) mass is 319 g/mol. The Kier molecular flexibility index (Phi) is 11.2. The summed E-state index contributed by atoms with van der Waals surface area (Å²) >= 11 is 0. The molecule has 0 saturated carbocycles. The quantitative estimate of drug-likeness (QED) is 0.543. The highest BCUT2D eigenvalue weighted by molar-refractivity contribution is 8.28. The van der Waals surface area contributed by atoms with Crippen LogP contribution in [-0.2, 0) is 8.98 Å². The van der Waals surface area contributed by atoms with Crippen LogP contribution in [0.2, 0.25) is 0 Å². The molecule has 0 aromatic rings. The van der Waals surface area contributed by atoms with Gasteiger partial charge >= 0.3 is 0 Å². The molecule has 0 fully saturated rings. The lowest BCUT2D eigenvalue weighted by molar-refractivity contribution is -0.126. The normalized spacial score (nSPS) is 15.5. The van der Waals surface area contributed by atoms with E-state index in [0.717, 1.165) is 44.6 Å². The number of rotatable bonds is 12. The van der Waals surface area contributed by atoms with Gasteiger partial charge in [0.25, 0.3) is 0 Å². The van der Waals surface area contributed by atoms with Crippen molar-refractivity contribution in [3.8, 4) is 0 Å². The fourth-order valence-electron chi connectivity index (χ4n) is 2.52. The van der Waals surface area contributed by atoms with E-state index in [-0.39, 0.29) is 11.8 Å². The summed E-state index contributed by atoms with van der Waals surface area (Å²) in [6, 6.07) is 0. The van der Waals surface area contributed by atoms with Crippen LogP contribution < -0.4 is 5.32 Å². The molecule has 2 unspecified atom stereocenters. The first-order valence-electron chi connectivity index (χ1n) is 8.51. The van der Waals surface area contributed by atoms with Gasteiger partial charge < -0.3 is 9.50 Å². The van der Waals surface area contributed by atoms with E-state index >= 15 is 0 Å². The van der Waals surface area contributed by atoms with Crippen molar-refractivity contribution in [2.75, 3.05) is 31.4 Å². The fourth-order valence-corrected chi connectivity index (χ4v) is 4.19. The second-order valence-corrected chi connectivity index (χ2v) is 9.91. The summed E-state index contributed by atoms with van der Waals surface area (Å²) in [6.07, 6.45) is 9.64. The van der Waals surface area contributed by atoms with Crippen molar-refractivity contribution in [2.24, 2.45) is 11.8 Å². The summed E-state index contributed by atoms with van der Waals surface area (Å²) in [4.78, 5) is 12.2. The number of amides is 1. The molecule has 1 amide bonds. The third kappa shape index (κ3) is 9.41. The van der Waals surface area contributed by atoms with Crippen LogP contribution in [0.5, 0.6) is 0 Å². The molecule has 0 saturated heterocycles. The van der Waals surface area contributed by atoms with Crippen molar-refractivity contribution >= 4 is 16.2 Å². The zero-order valence-corrected chi connectivity index (χ0v) is 15.9. The van der Waals surface area contributed by atoms with E-state index in [1.54, 1.807) is 0 Å². The lowest BCUT2D eigenvalue weighted by Gasteiger charge is -2.30. The van der Waals surface area contributed by atoms with E-state index in [0.29, 0.717) is 5.92 Å². The molecule has 2 atom stereocenters. The summed E-state index contributed by atoms with van der Waals surface area (Å²) in [5.74, 6) is 2.02. The zero-order chi connectivity index (χ0) is 16.3. The van der Waals surface area contributed by atoms with Gasteiger partial charge in [0.05, 0.1) is 6.61 Å². The van der Waals surface area contributed by atoms with E-state index in [1.165, 1.54) is 6.42 Å². The molecule has 21 heavy (non-hydrogen) atoms. The van der Waals surface area contributed by atoms with E-state index in [2.05, 4.69) is 45.5 Å². The van der Waals surface area contributed by atoms with Gasteiger partial charge in [0, 0.05) is 12.5 Å². The molecule has 0 aliphatic heterocycles. The molecular formula is C17H37NO2S. The van der Waals surface area contributed by atoms with Gasteiger partial charge in [0.15, 0.2) is 0 Å². The number of carbonyl (C=O) groups is 1. The maximum atomic E-state index is 12.2. The largest absolute Gasteiger partial charge is 0.356 e. The van der Waals surface area contributed by atoms with E-state index in [9.17, 15) is 4.79 Å². The summed E-state index contributed by atoms with van der Waals surface area (Å²) in [6.45, 7) is 10.2. The summed E-state index contributed by atoms with van der Waals surface area (Å²) in [7, 11) is -0.887. The van der Waals surface area contributed by atoms with Gasteiger partial charge in [0.1, 0.15) is 0 Å². The van der Waals surface area contributed by atoms with Gasteiger partial charge in [-0.05, 0) is 43.4 Å². The smallest absolute Gasteiger partial charge is 0.223 e. The molecule has 0 aromatic carbocycles. The number of hydrogen-bond acceptors (Lipinski definition) is 2. The van der Waals surface area contributed by atoms with Crippen LogP contribution in [0, 0.1) is 11.8 Å². The Morgan fingerprint density at radius 3 is 2.38 bits per heavy atom. The van der Waals surface area contributed by atoms with Crippen molar-refractivity contribution in [1.82, 2.24) is 5.32 Å². The molecule has 0 aromatic heterocycles. The third-order valence-electron chi connectivity index (χ3n) is 3.99. The highest BCUT2D eigenvalue weighted by Crippen LogP contribution is 2.41. The Morgan fingerprint density at radius 2 is 1.86 bits per heavy atom. The molecule has 0 aliphatic rings. The minimum Gasteiger partial charge on any atom is -0.356 e. The first-order valence-corrected chi connectivity index (χ1v) is 11.0. The van der Waals surface area contributed by atoms with Crippen LogP contribution in [0.25, 0.3) is 0 Å². The van der Waals surface area contributed by atoms with Crippen molar-refractivity contribution < 1.29 is 8.98 Å². The van der Waals surface area contributed by atoms with Gasteiger partial charge in [-0.2, -0.15) is 0 Å². The molecule has 0 radical (unpaired) electrons. The Morgan fingerprint density at radius 1 is 1.19 bits per heavy atom. The average Bonchev–Trinajstić information content (AvgIpc) is 2.43. The maximum Gasteiger partial charge on any atom is 0.223 e. The lowest BCUT2D eigenvalue weighted by atomic mass is 9.87. The lowest BCUT2D eigenvalue weighted by Crippen LogP contribution is -2.35. The van der Waals surface area contributed by atoms with Crippen molar-refractivity contribution in [1.29, 1.82) is 0 Å². The molecule has 1 N–H and O–H groups in total. The van der Waals surface area contributed by atoms with E-state index < -0.39 is 10.3 Å². The molecule has 0 rings (SSSR count). The summed E-state index contributed by atoms with van der Waals surface area (Å²) < 4.78 is 5.96. The average molecular weight is 320 g/mol. The maximum absolute atomic E-state index is 12.2. The van der Waals surface area contributed by atoms with Gasteiger partial charge in [-0.3, -0.25) is 4.79 Å².